The van der Waals surface area contributed by atoms with E-state index in [1.165, 1.54) is 7.11 Å². The van der Waals surface area contributed by atoms with Crippen LogP contribution in [0.15, 0.2) is 48.5 Å². The van der Waals surface area contributed by atoms with E-state index in [9.17, 15) is 14.4 Å². The van der Waals surface area contributed by atoms with E-state index < -0.39 is 17.6 Å². The third-order valence-corrected chi connectivity index (χ3v) is 6.30. The molecule has 2 amide bonds. The molecule has 1 aliphatic carbocycles. The van der Waals surface area contributed by atoms with E-state index >= 15 is 0 Å². The van der Waals surface area contributed by atoms with Crippen LogP contribution in [0.4, 0.5) is 4.79 Å². The summed E-state index contributed by atoms with van der Waals surface area (Å²) in [5, 5.41) is 11.6. The van der Waals surface area contributed by atoms with Crippen LogP contribution < -0.4 is 5.32 Å². The molecule has 0 aromatic heterocycles. The first kappa shape index (κ1) is 26.2. The number of rotatable bonds is 11. The molecule has 2 aromatic carbocycles. The van der Waals surface area contributed by atoms with Crippen molar-refractivity contribution < 1.29 is 29.0 Å². The highest BCUT2D eigenvalue weighted by molar-refractivity contribution is 5.90. The van der Waals surface area contributed by atoms with Crippen LogP contribution in [0.25, 0.3) is 11.1 Å². The summed E-state index contributed by atoms with van der Waals surface area (Å²) in [6, 6.07) is 15.9. The molecule has 0 heterocycles. The van der Waals surface area contributed by atoms with Gasteiger partial charge in [0.05, 0.1) is 6.61 Å². The Labute approximate surface area is 206 Å². The molecule has 0 radical (unpaired) electrons. The molecule has 0 saturated heterocycles. The summed E-state index contributed by atoms with van der Waals surface area (Å²) in [7, 11) is 1.45. The number of ether oxygens (including phenoxy) is 2. The smallest absolute Gasteiger partial charge is 0.408 e. The van der Waals surface area contributed by atoms with Crippen LogP contribution in [0.3, 0.4) is 0 Å². The van der Waals surface area contributed by atoms with Crippen molar-refractivity contribution >= 4 is 18.0 Å². The number of nitrogens with one attached hydrogen (secondary N) is 1. The van der Waals surface area contributed by atoms with Crippen LogP contribution in [0, 0.1) is 0 Å². The minimum atomic E-state index is -1.37. The minimum absolute atomic E-state index is 0.0443. The highest BCUT2D eigenvalue weighted by Gasteiger charge is 2.40. The van der Waals surface area contributed by atoms with Gasteiger partial charge in [0.2, 0.25) is 0 Å². The van der Waals surface area contributed by atoms with Crippen molar-refractivity contribution in [1.82, 2.24) is 10.2 Å². The minimum Gasteiger partial charge on any atom is -0.481 e. The quantitative estimate of drug-likeness (QED) is 0.501. The maximum absolute atomic E-state index is 13.4. The second kappa shape index (κ2) is 11.4. The molecule has 0 fully saturated rings. The van der Waals surface area contributed by atoms with Gasteiger partial charge in [-0.1, -0.05) is 48.5 Å². The third-order valence-electron chi connectivity index (χ3n) is 6.30. The molecule has 0 saturated carbocycles. The maximum Gasteiger partial charge on any atom is 0.408 e. The lowest BCUT2D eigenvalue weighted by molar-refractivity contribution is -0.143. The van der Waals surface area contributed by atoms with Gasteiger partial charge in [0, 0.05) is 32.0 Å². The van der Waals surface area contributed by atoms with Gasteiger partial charge >= 0.3 is 12.1 Å². The molecule has 2 aromatic rings. The van der Waals surface area contributed by atoms with Gasteiger partial charge in [-0.2, -0.15) is 0 Å². The standard InChI is InChI=1S/C27H34N2O6/c1-18(2)29(15-9-14-24(30)31)25(32)27(3,17-34-4)28-26(33)35-16-23-21-12-7-5-10-19(21)20-11-6-8-13-22(20)23/h5-8,10-13,18,23H,9,14-17H2,1-4H3,(H,28,33)(H,30,31). The number of carbonyl (C=O) groups is 3. The molecule has 0 aliphatic heterocycles. The predicted octanol–water partition coefficient (Wildman–Crippen LogP) is 4.03. The summed E-state index contributed by atoms with van der Waals surface area (Å²) in [5.74, 6) is -1.37. The molecule has 1 atom stereocenters. The predicted molar refractivity (Wildman–Crippen MR) is 132 cm³/mol. The number of hydrogen-bond donors (Lipinski definition) is 2. The molecule has 8 nitrogen and oxygen atoms in total. The molecule has 8 heteroatoms. The van der Waals surface area contributed by atoms with E-state index in [2.05, 4.69) is 17.4 Å². The van der Waals surface area contributed by atoms with E-state index in [0.29, 0.717) is 6.42 Å². The van der Waals surface area contributed by atoms with Crippen LogP contribution in [0.5, 0.6) is 0 Å². The van der Waals surface area contributed by atoms with Crippen molar-refractivity contribution in [2.45, 2.75) is 51.1 Å². The summed E-state index contributed by atoms with van der Waals surface area (Å²) in [5.41, 5.74) is 3.09. The Balaban J connectivity index is 1.70. The van der Waals surface area contributed by atoms with Crippen LogP contribution >= 0.6 is 0 Å². The van der Waals surface area contributed by atoms with E-state index in [4.69, 9.17) is 14.6 Å². The van der Waals surface area contributed by atoms with Gasteiger partial charge in [0.25, 0.3) is 5.91 Å². The van der Waals surface area contributed by atoms with Crippen LogP contribution in [0.1, 0.15) is 50.7 Å². The number of benzene rings is 2. The monoisotopic (exact) mass is 482 g/mol. The number of methoxy groups -OCH3 is 1. The van der Waals surface area contributed by atoms with Crippen molar-refractivity contribution in [2.75, 3.05) is 26.9 Å². The lowest BCUT2D eigenvalue weighted by Gasteiger charge is -2.36. The normalized spacial score (nSPS) is 14.1. The number of aliphatic carboxylic acids is 1. The molecule has 0 spiro atoms. The fourth-order valence-corrected chi connectivity index (χ4v) is 4.61. The highest BCUT2D eigenvalue weighted by Crippen LogP contribution is 2.44. The topological polar surface area (TPSA) is 105 Å². The molecular weight excluding hydrogens is 448 g/mol. The first-order valence-corrected chi connectivity index (χ1v) is 11.8. The number of carbonyl (C=O) groups excluding carboxylic acids is 2. The number of amides is 2. The second-order valence-electron chi connectivity index (χ2n) is 9.31. The molecule has 0 bridgehead atoms. The van der Waals surface area contributed by atoms with E-state index in [-0.39, 0.29) is 44.0 Å². The van der Waals surface area contributed by atoms with Gasteiger partial charge in [-0.25, -0.2) is 4.79 Å². The second-order valence-corrected chi connectivity index (χ2v) is 9.31. The van der Waals surface area contributed by atoms with Gasteiger partial charge in [0.15, 0.2) is 0 Å². The van der Waals surface area contributed by atoms with Crippen LogP contribution in [0.2, 0.25) is 0 Å². The zero-order chi connectivity index (χ0) is 25.6. The highest BCUT2D eigenvalue weighted by atomic mass is 16.5. The first-order chi connectivity index (χ1) is 16.7. The summed E-state index contributed by atoms with van der Waals surface area (Å²) in [4.78, 5) is 38.8. The van der Waals surface area contributed by atoms with E-state index in [0.717, 1.165) is 22.3 Å². The van der Waals surface area contributed by atoms with Crippen LogP contribution in [-0.4, -0.2) is 66.4 Å². The molecule has 1 aliphatic rings. The van der Waals surface area contributed by atoms with Gasteiger partial charge in [-0.05, 0) is 49.4 Å². The number of carboxylic acids is 1. The van der Waals surface area contributed by atoms with Gasteiger partial charge in [0.1, 0.15) is 12.1 Å². The summed E-state index contributed by atoms with van der Waals surface area (Å²) in [6.45, 7) is 5.61. The zero-order valence-electron chi connectivity index (χ0n) is 20.7. The molecule has 188 valence electrons. The van der Waals surface area contributed by atoms with Crippen molar-refractivity contribution in [3.8, 4) is 11.1 Å². The van der Waals surface area contributed by atoms with Crippen molar-refractivity contribution in [3.63, 3.8) is 0 Å². The van der Waals surface area contributed by atoms with E-state index in [1.807, 2.05) is 50.2 Å². The fraction of sp³-hybridized carbons (Fsp3) is 0.444. The maximum atomic E-state index is 13.4. The van der Waals surface area contributed by atoms with E-state index in [1.54, 1.807) is 11.8 Å². The van der Waals surface area contributed by atoms with Crippen molar-refractivity contribution in [3.05, 3.63) is 59.7 Å². The fourth-order valence-electron chi connectivity index (χ4n) is 4.61. The van der Waals surface area contributed by atoms with Crippen molar-refractivity contribution in [2.24, 2.45) is 0 Å². The Kier molecular flexibility index (Phi) is 8.51. The van der Waals surface area contributed by atoms with Crippen molar-refractivity contribution in [1.29, 1.82) is 0 Å². The molecule has 2 N–H and O–H groups in total. The average Bonchev–Trinajstić information content (AvgIpc) is 3.13. The zero-order valence-corrected chi connectivity index (χ0v) is 20.7. The third kappa shape index (κ3) is 6.00. The molecule has 3 rings (SSSR count). The first-order valence-electron chi connectivity index (χ1n) is 11.8. The Morgan fingerprint density at radius 1 is 1.06 bits per heavy atom. The lowest BCUT2D eigenvalue weighted by Crippen LogP contribution is -2.61. The number of alkyl carbamates (subject to hydrolysis) is 1. The Bertz CT molecular complexity index is 1020. The average molecular weight is 483 g/mol. The summed E-state index contributed by atoms with van der Waals surface area (Å²) >= 11 is 0. The number of nitrogens with zero attached hydrogens (tertiary/aromatic N) is 1. The Hall–Kier alpha value is -3.39. The lowest BCUT2D eigenvalue weighted by atomic mass is 9.98. The number of hydrogen-bond acceptors (Lipinski definition) is 5. The molecular formula is C27H34N2O6. The van der Waals surface area contributed by atoms with Crippen LogP contribution in [-0.2, 0) is 19.1 Å². The Morgan fingerprint density at radius 2 is 1.63 bits per heavy atom. The largest absolute Gasteiger partial charge is 0.481 e. The van der Waals surface area contributed by atoms with Gasteiger partial charge < -0.3 is 24.8 Å². The van der Waals surface area contributed by atoms with Gasteiger partial charge in [-0.15, -0.1) is 0 Å². The molecule has 35 heavy (non-hydrogen) atoms. The number of carboxylic acid groups (broad SMARTS) is 1. The summed E-state index contributed by atoms with van der Waals surface area (Å²) < 4.78 is 10.9. The summed E-state index contributed by atoms with van der Waals surface area (Å²) in [6.07, 6.45) is -0.445. The molecule has 1 unspecified atom stereocenters. The Morgan fingerprint density at radius 3 is 2.14 bits per heavy atom. The number of fused-ring (bicyclic) bond motifs is 3. The SMILES string of the molecule is COCC(C)(NC(=O)OCC1c2ccccc2-c2ccccc21)C(=O)N(CCCC(=O)O)C(C)C. The van der Waals surface area contributed by atoms with Gasteiger partial charge in [-0.3, -0.25) is 9.59 Å².